The molecule has 0 aliphatic carbocycles. The van der Waals surface area contributed by atoms with Crippen LogP contribution in [-0.2, 0) is 16.1 Å². The molecule has 0 fully saturated rings. The second kappa shape index (κ2) is 14.4. The van der Waals surface area contributed by atoms with E-state index in [1.807, 2.05) is 37.3 Å². The number of carbonyl (C=O) groups is 2. The van der Waals surface area contributed by atoms with Crippen LogP contribution in [0.15, 0.2) is 72.8 Å². The van der Waals surface area contributed by atoms with Gasteiger partial charge in [0.1, 0.15) is 17.2 Å². The minimum absolute atomic E-state index is 0.105. The van der Waals surface area contributed by atoms with Crippen LogP contribution in [0, 0.1) is 17.0 Å². The van der Waals surface area contributed by atoms with E-state index in [9.17, 15) is 19.7 Å². The molecule has 206 valence electrons. The lowest BCUT2D eigenvalue weighted by Gasteiger charge is -2.24. The van der Waals surface area contributed by atoms with Gasteiger partial charge >= 0.3 is 12.0 Å². The van der Waals surface area contributed by atoms with E-state index in [1.165, 1.54) is 18.2 Å². The lowest BCUT2D eigenvalue weighted by atomic mass is 10.2. The second-order valence-corrected chi connectivity index (χ2v) is 8.80. The highest BCUT2D eigenvalue weighted by Gasteiger charge is 2.20. The Morgan fingerprint density at radius 1 is 1.03 bits per heavy atom. The SMILES string of the molecule is CCOC(=O)C(C)Oc1cccc(CN(CCCOc2ccc(C)cc2)C(=O)Nc2ccccc2[N+](=O)[O-])c1. The second-order valence-electron chi connectivity index (χ2n) is 8.80. The first-order chi connectivity index (χ1) is 18.8. The standard InChI is InChI=1S/C29H33N3O7/c1-4-37-28(33)22(3)39-25-10-7-9-23(19-25)20-31(17-8-18-38-24-15-13-21(2)14-16-24)29(34)30-26-11-5-6-12-27(26)32(35)36/h5-7,9-16,19,22H,4,8,17-18,20H2,1-3H3,(H,30,34). The van der Waals surface area contributed by atoms with E-state index in [0.29, 0.717) is 25.3 Å². The highest BCUT2D eigenvalue weighted by atomic mass is 16.6. The highest BCUT2D eigenvalue weighted by molar-refractivity contribution is 5.91. The minimum atomic E-state index is -0.794. The van der Waals surface area contributed by atoms with Gasteiger partial charge in [-0.05, 0) is 63.1 Å². The predicted molar refractivity (Wildman–Crippen MR) is 147 cm³/mol. The number of urea groups is 1. The molecule has 0 bridgehead atoms. The van der Waals surface area contributed by atoms with Crippen LogP contribution in [0.1, 0.15) is 31.4 Å². The van der Waals surface area contributed by atoms with Gasteiger partial charge in [0.25, 0.3) is 5.69 Å². The molecule has 0 spiro atoms. The van der Waals surface area contributed by atoms with Crippen molar-refractivity contribution in [1.29, 1.82) is 0 Å². The molecular weight excluding hydrogens is 502 g/mol. The number of nitrogens with zero attached hydrogens (tertiary/aromatic N) is 2. The molecule has 0 radical (unpaired) electrons. The summed E-state index contributed by atoms with van der Waals surface area (Å²) in [5.74, 6) is 0.717. The molecule has 0 heterocycles. The molecule has 39 heavy (non-hydrogen) atoms. The van der Waals surface area contributed by atoms with E-state index in [4.69, 9.17) is 14.2 Å². The average Bonchev–Trinajstić information content (AvgIpc) is 2.92. The number of anilines is 1. The first kappa shape index (κ1) is 29.0. The van der Waals surface area contributed by atoms with E-state index < -0.39 is 23.0 Å². The molecule has 1 unspecified atom stereocenters. The fraction of sp³-hybridized carbons (Fsp3) is 0.310. The van der Waals surface area contributed by atoms with Gasteiger partial charge in [-0.25, -0.2) is 9.59 Å². The number of para-hydroxylation sites is 2. The Kier molecular flexibility index (Phi) is 10.7. The number of nitro groups is 1. The van der Waals surface area contributed by atoms with Gasteiger partial charge in [0, 0.05) is 19.2 Å². The summed E-state index contributed by atoms with van der Waals surface area (Å²) in [4.78, 5) is 37.6. The molecule has 3 aromatic carbocycles. The summed E-state index contributed by atoms with van der Waals surface area (Å²) >= 11 is 0. The average molecular weight is 536 g/mol. The lowest BCUT2D eigenvalue weighted by Crippen LogP contribution is -2.36. The molecule has 0 saturated carbocycles. The number of rotatable bonds is 13. The van der Waals surface area contributed by atoms with Gasteiger partial charge in [-0.1, -0.05) is 42.0 Å². The van der Waals surface area contributed by atoms with Crippen molar-refractivity contribution in [3.8, 4) is 11.5 Å². The van der Waals surface area contributed by atoms with Crippen molar-refractivity contribution in [2.24, 2.45) is 0 Å². The zero-order chi connectivity index (χ0) is 28.2. The summed E-state index contributed by atoms with van der Waals surface area (Å²) in [6.45, 7) is 6.47. The maximum absolute atomic E-state index is 13.3. The number of aryl methyl sites for hydroxylation is 1. The molecule has 10 nitrogen and oxygen atoms in total. The molecule has 1 N–H and O–H groups in total. The molecule has 2 amide bonds. The van der Waals surface area contributed by atoms with Gasteiger partial charge in [-0.2, -0.15) is 0 Å². The van der Waals surface area contributed by atoms with Crippen molar-refractivity contribution < 1.29 is 28.7 Å². The maximum Gasteiger partial charge on any atom is 0.347 e. The molecule has 3 aromatic rings. The summed E-state index contributed by atoms with van der Waals surface area (Å²) in [6, 6.07) is 20.2. The number of benzene rings is 3. The van der Waals surface area contributed by atoms with Crippen LogP contribution in [0.25, 0.3) is 0 Å². The molecular formula is C29H33N3O7. The zero-order valence-corrected chi connectivity index (χ0v) is 22.3. The van der Waals surface area contributed by atoms with Crippen LogP contribution in [0.3, 0.4) is 0 Å². The number of carbonyl (C=O) groups excluding carboxylic acids is 2. The van der Waals surface area contributed by atoms with Crippen LogP contribution >= 0.6 is 0 Å². The predicted octanol–water partition coefficient (Wildman–Crippen LogP) is 5.74. The molecule has 0 aliphatic heterocycles. The number of nitro benzene ring substituents is 1. The number of hydrogen-bond acceptors (Lipinski definition) is 7. The van der Waals surface area contributed by atoms with Crippen molar-refractivity contribution in [3.63, 3.8) is 0 Å². The molecule has 0 aliphatic rings. The summed E-state index contributed by atoms with van der Waals surface area (Å²) in [5, 5.41) is 14.1. The van der Waals surface area contributed by atoms with E-state index in [0.717, 1.165) is 16.9 Å². The van der Waals surface area contributed by atoms with Crippen LogP contribution in [0.5, 0.6) is 11.5 Å². The van der Waals surface area contributed by atoms with Crippen LogP contribution in [0.2, 0.25) is 0 Å². The summed E-state index contributed by atoms with van der Waals surface area (Å²) in [6.07, 6.45) is -0.272. The summed E-state index contributed by atoms with van der Waals surface area (Å²) in [5.41, 5.74) is 1.79. The van der Waals surface area contributed by atoms with Gasteiger partial charge in [0.2, 0.25) is 0 Å². The topological polar surface area (TPSA) is 120 Å². The number of hydrogen-bond donors (Lipinski definition) is 1. The quantitative estimate of drug-likeness (QED) is 0.128. The third-order valence-electron chi connectivity index (χ3n) is 5.69. The van der Waals surface area contributed by atoms with E-state index >= 15 is 0 Å². The fourth-order valence-corrected chi connectivity index (χ4v) is 3.71. The van der Waals surface area contributed by atoms with Crippen LogP contribution in [0.4, 0.5) is 16.2 Å². The number of amides is 2. The van der Waals surface area contributed by atoms with Gasteiger partial charge in [0.15, 0.2) is 6.10 Å². The van der Waals surface area contributed by atoms with Gasteiger partial charge in [-0.15, -0.1) is 0 Å². The number of nitrogens with one attached hydrogen (secondary N) is 1. The molecule has 3 rings (SSSR count). The fourth-order valence-electron chi connectivity index (χ4n) is 3.71. The van der Waals surface area contributed by atoms with Gasteiger partial charge < -0.3 is 24.4 Å². The van der Waals surface area contributed by atoms with E-state index in [2.05, 4.69) is 5.32 Å². The first-order valence-electron chi connectivity index (χ1n) is 12.7. The first-order valence-corrected chi connectivity index (χ1v) is 12.7. The van der Waals surface area contributed by atoms with Crippen molar-refractivity contribution in [1.82, 2.24) is 4.90 Å². The van der Waals surface area contributed by atoms with Crippen LogP contribution < -0.4 is 14.8 Å². The van der Waals surface area contributed by atoms with E-state index in [1.54, 1.807) is 43.0 Å². The Morgan fingerprint density at radius 2 is 1.77 bits per heavy atom. The smallest absolute Gasteiger partial charge is 0.347 e. The third kappa shape index (κ3) is 9.03. The Hall–Kier alpha value is -4.60. The molecule has 0 aromatic heterocycles. The van der Waals surface area contributed by atoms with Gasteiger partial charge in [0.05, 0.1) is 18.1 Å². The normalized spacial score (nSPS) is 11.3. The Morgan fingerprint density at radius 3 is 2.49 bits per heavy atom. The summed E-state index contributed by atoms with van der Waals surface area (Å²) < 4.78 is 16.5. The van der Waals surface area contributed by atoms with E-state index in [-0.39, 0.29) is 24.5 Å². The monoisotopic (exact) mass is 535 g/mol. The molecule has 0 saturated heterocycles. The lowest BCUT2D eigenvalue weighted by molar-refractivity contribution is -0.383. The van der Waals surface area contributed by atoms with Crippen molar-refractivity contribution >= 4 is 23.4 Å². The van der Waals surface area contributed by atoms with Crippen molar-refractivity contribution in [2.75, 3.05) is 25.1 Å². The van der Waals surface area contributed by atoms with Crippen molar-refractivity contribution in [3.05, 3.63) is 94.0 Å². The Bertz CT molecular complexity index is 1260. The van der Waals surface area contributed by atoms with Crippen LogP contribution in [-0.4, -0.2) is 47.7 Å². The minimum Gasteiger partial charge on any atom is -0.494 e. The molecule has 1 atom stereocenters. The number of esters is 1. The van der Waals surface area contributed by atoms with Crippen molar-refractivity contribution in [2.45, 2.75) is 39.8 Å². The zero-order valence-electron chi connectivity index (χ0n) is 22.3. The summed E-state index contributed by atoms with van der Waals surface area (Å²) in [7, 11) is 0. The highest BCUT2D eigenvalue weighted by Crippen LogP contribution is 2.24. The maximum atomic E-state index is 13.3. The Labute approximate surface area is 227 Å². The third-order valence-corrected chi connectivity index (χ3v) is 5.69. The van der Waals surface area contributed by atoms with Gasteiger partial charge in [-0.3, -0.25) is 10.1 Å². The Balaban J connectivity index is 1.72. The number of ether oxygens (including phenoxy) is 3. The largest absolute Gasteiger partial charge is 0.494 e. The molecule has 10 heteroatoms.